The van der Waals surface area contributed by atoms with Gasteiger partial charge < -0.3 is 5.11 Å². The number of benzene rings is 2. The summed E-state index contributed by atoms with van der Waals surface area (Å²) in [6.07, 6.45) is 6.06. The minimum absolute atomic E-state index is 0.418. The number of piperidine rings is 1. The molecule has 0 spiro atoms. The van der Waals surface area contributed by atoms with Gasteiger partial charge in [-0.15, -0.1) is 0 Å². The third-order valence-electron chi connectivity index (χ3n) is 5.60. The van der Waals surface area contributed by atoms with Crippen LogP contribution in [-0.4, -0.2) is 29.1 Å². The highest BCUT2D eigenvalue weighted by Gasteiger charge is 2.31. The Hall–Kier alpha value is -1.80. The Morgan fingerprint density at radius 3 is 2.70 bits per heavy atom. The maximum absolute atomic E-state index is 9.77. The Bertz CT molecular complexity index is 667. The molecule has 5 rings (SSSR count). The number of hydrogen-bond acceptors (Lipinski definition) is 2. The van der Waals surface area contributed by atoms with Crippen LogP contribution >= 0.6 is 0 Å². The lowest BCUT2D eigenvalue weighted by atomic mass is 9.80. The summed E-state index contributed by atoms with van der Waals surface area (Å²) in [5.41, 5.74) is 4.26. The number of phenols is 1. The summed E-state index contributed by atoms with van der Waals surface area (Å²) in [5, 5.41) is 9.77. The smallest absolute Gasteiger partial charge is 0.115 e. The van der Waals surface area contributed by atoms with Gasteiger partial charge in [-0.25, -0.2) is 0 Å². The number of rotatable bonds is 3. The van der Waals surface area contributed by atoms with Gasteiger partial charge in [-0.05, 0) is 66.8 Å². The lowest BCUT2D eigenvalue weighted by molar-refractivity contribution is 0.102. The summed E-state index contributed by atoms with van der Waals surface area (Å²) < 4.78 is 0. The molecule has 2 atom stereocenters. The lowest BCUT2D eigenvalue weighted by Gasteiger charge is -2.42. The van der Waals surface area contributed by atoms with Gasteiger partial charge in [0.2, 0.25) is 0 Å². The van der Waals surface area contributed by atoms with Crippen LogP contribution < -0.4 is 0 Å². The highest BCUT2D eigenvalue weighted by Crippen LogP contribution is 2.33. The molecule has 0 aromatic heterocycles. The number of phenolic OH excluding ortho intramolecular Hbond substituents is 1. The van der Waals surface area contributed by atoms with Crippen LogP contribution in [0.15, 0.2) is 48.5 Å². The second-order valence-corrected chi connectivity index (χ2v) is 7.19. The standard InChI is InChI=1S/C21H25NO/c23-21-9-7-18-13-20-8-6-17(12-19(18)14-21)15-22(20)11-10-16-4-2-1-3-5-16/h1-5,7,9,14,17,20,23H,6,8,10-13,15H2. The molecule has 23 heavy (non-hydrogen) atoms. The third kappa shape index (κ3) is 3.28. The van der Waals surface area contributed by atoms with Crippen molar-refractivity contribution in [3.8, 4) is 5.75 Å². The van der Waals surface area contributed by atoms with Crippen LogP contribution in [0, 0.1) is 5.92 Å². The minimum Gasteiger partial charge on any atom is -0.508 e. The second kappa shape index (κ2) is 6.37. The number of nitrogens with zero attached hydrogens (tertiary/aromatic N) is 1. The van der Waals surface area contributed by atoms with Gasteiger partial charge >= 0.3 is 0 Å². The van der Waals surface area contributed by atoms with Crippen LogP contribution in [0.4, 0.5) is 0 Å². The molecular weight excluding hydrogens is 282 g/mol. The predicted molar refractivity (Wildman–Crippen MR) is 93.7 cm³/mol. The first-order valence-electron chi connectivity index (χ1n) is 8.86. The first kappa shape index (κ1) is 14.8. The van der Waals surface area contributed by atoms with Crippen LogP contribution in [-0.2, 0) is 19.3 Å². The van der Waals surface area contributed by atoms with Crippen LogP contribution in [0.2, 0.25) is 0 Å². The number of hydrogen-bond donors (Lipinski definition) is 1. The van der Waals surface area contributed by atoms with Crippen molar-refractivity contribution < 1.29 is 5.11 Å². The average molecular weight is 307 g/mol. The fourth-order valence-corrected chi connectivity index (χ4v) is 4.34. The fraction of sp³-hybridized carbons (Fsp3) is 0.429. The van der Waals surface area contributed by atoms with Gasteiger partial charge in [0, 0.05) is 19.1 Å². The second-order valence-electron chi connectivity index (χ2n) is 7.19. The van der Waals surface area contributed by atoms with Gasteiger partial charge in [-0.3, -0.25) is 4.90 Å². The summed E-state index contributed by atoms with van der Waals surface area (Å²) in [6.45, 7) is 2.38. The van der Waals surface area contributed by atoms with E-state index in [0.29, 0.717) is 11.8 Å². The van der Waals surface area contributed by atoms with E-state index in [1.165, 1.54) is 42.6 Å². The molecule has 1 fully saturated rings. The lowest BCUT2D eigenvalue weighted by Crippen LogP contribution is -2.47. The van der Waals surface area contributed by atoms with Crippen molar-refractivity contribution in [3.63, 3.8) is 0 Å². The molecule has 2 aromatic carbocycles. The Labute approximate surface area is 138 Å². The average Bonchev–Trinajstić information content (AvgIpc) is 2.55. The van der Waals surface area contributed by atoms with Crippen LogP contribution in [0.25, 0.3) is 0 Å². The Balaban J connectivity index is 1.50. The topological polar surface area (TPSA) is 23.5 Å². The molecule has 120 valence electrons. The summed E-state index contributed by atoms with van der Waals surface area (Å²) in [6, 6.07) is 17.5. The highest BCUT2D eigenvalue weighted by molar-refractivity contribution is 5.36. The summed E-state index contributed by atoms with van der Waals surface area (Å²) in [4.78, 5) is 2.72. The highest BCUT2D eigenvalue weighted by atomic mass is 16.3. The molecule has 1 aliphatic carbocycles. The summed E-state index contributed by atoms with van der Waals surface area (Å²) >= 11 is 0. The molecule has 2 heteroatoms. The van der Waals surface area contributed by atoms with Gasteiger partial charge in [0.05, 0.1) is 0 Å². The van der Waals surface area contributed by atoms with E-state index < -0.39 is 0 Å². The van der Waals surface area contributed by atoms with E-state index in [1.54, 1.807) is 0 Å². The number of fused-ring (bicyclic) bond motifs is 2. The van der Waals surface area contributed by atoms with E-state index in [4.69, 9.17) is 0 Å². The zero-order chi connectivity index (χ0) is 15.6. The van der Waals surface area contributed by atoms with Gasteiger partial charge in [0.15, 0.2) is 0 Å². The van der Waals surface area contributed by atoms with Crippen molar-refractivity contribution >= 4 is 0 Å². The van der Waals surface area contributed by atoms with E-state index in [1.807, 2.05) is 12.1 Å². The Morgan fingerprint density at radius 2 is 1.83 bits per heavy atom. The molecule has 0 amide bonds. The maximum atomic E-state index is 9.77. The van der Waals surface area contributed by atoms with Gasteiger partial charge in [-0.1, -0.05) is 36.4 Å². The molecule has 2 heterocycles. The van der Waals surface area contributed by atoms with Gasteiger partial charge in [0.25, 0.3) is 0 Å². The first-order chi connectivity index (χ1) is 11.3. The van der Waals surface area contributed by atoms with Gasteiger partial charge in [-0.2, -0.15) is 0 Å². The molecule has 2 bridgehead atoms. The first-order valence-corrected chi connectivity index (χ1v) is 8.86. The molecule has 3 aliphatic rings. The van der Waals surface area contributed by atoms with Crippen molar-refractivity contribution in [2.45, 2.75) is 38.1 Å². The monoisotopic (exact) mass is 307 g/mol. The van der Waals surface area contributed by atoms with Crippen molar-refractivity contribution in [2.24, 2.45) is 5.92 Å². The summed E-state index contributed by atoms with van der Waals surface area (Å²) in [5.74, 6) is 1.16. The molecule has 1 N–H and O–H groups in total. The van der Waals surface area contributed by atoms with Crippen LogP contribution in [0.3, 0.4) is 0 Å². The Morgan fingerprint density at radius 1 is 0.957 bits per heavy atom. The third-order valence-corrected chi connectivity index (χ3v) is 5.60. The van der Waals surface area contributed by atoms with E-state index in [2.05, 4.69) is 41.3 Å². The fourth-order valence-electron chi connectivity index (χ4n) is 4.34. The van der Waals surface area contributed by atoms with E-state index in [9.17, 15) is 5.11 Å². The minimum atomic E-state index is 0.418. The molecule has 2 aliphatic heterocycles. The molecule has 0 radical (unpaired) electrons. The van der Waals surface area contributed by atoms with E-state index >= 15 is 0 Å². The Kier molecular flexibility index (Phi) is 4.09. The van der Waals surface area contributed by atoms with Crippen LogP contribution in [0.1, 0.15) is 29.5 Å². The van der Waals surface area contributed by atoms with Crippen molar-refractivity contribution in [1.29, 1.82) is 0 Å². The van der Waals surface area contributed by atoms with E-state index in [0.717, 1.165) is 25.2 Å². The zero-order valence-corrected chi connectivity index (χ0v) is 13.6. The maximum Gasteiger partial charge on any atom is 0.115 e. The quantitative estimate of drug-likeness (QED) is 0.932. The molecule has 2 unspecified atom stereocenters. The largest absolute Gasteiger partial charge is 0.508 e. The molecule has 2 nitrogen and oxygen atoms in total. The molecular formula is C21H25NO. The normalized spacial score (nSPS) is 24.0. The SMILES string of the molecule is Oc1ccc2c(c1)CC1CCC(C2)N(CCc2ccccc2)C1. The van der Waals surface area contributed by atoms with E-state index in [-0.39, 0.29) is 0 Å². The van der Waals surface area contributed by atoms with Gasteiger partial charge in [0.1, 0.15) is 5.75 Å². The zero-order valence-electron chi connectivity index (χ0n) is 13.6. The van der Waals surface area contributed by atoms with Crippen molar-refractivity contribution in [3.05, 3.63) is 65.2 Å². The summed E-state index contributed by atoms with van der Waals surface area (Å²) in [7, 11) is 0. The van der Waals surface area contributed by atoms with Crippen LogP contribution in [0.5, 0.6) is 5.75 Å². The van der Waals surface area contributed by atoms with Crippen molar-refractivity contribution in [1.82, 2.24) is 4.90 Å². The predicted octanol–water partition coefficient (Wildman–Crippen LogP) is 3.81. The van der Waals surface area contributed by atoms with Crippen molar-refractivity contribution in [2.75, 3.05) is 13.1 Å². The molecule has 1 saturated heterocycles. The molecule has 0 saturated carbocycles. The number of aromatic hydroxyl groups is 1. The molecule has 2 aromatic rings.